The smallest absolute Gasteiger partial charge is 0.294 e. The van der Waals surface area contributed by atoms with Gasteiger partial charge in [0, 0.05) is 6.92 Å². The van der Waals surface area contributed by atoms with Gasteiger partial charge in [0.15, 0.2) is 0 Å². The minimum absolute atomic E-state index is 0.221. The van der Waals surface area contributed by atoms with Crippen LogP contribution >= 0.6 is 0 Å². The quantitative estimate of drug-likeness (QED) is 0.653. The second kappa shape index (κ2) is 6.57. The molecule has 1 aliphatic rings. The van der Waals surface area contributed by atoms with Crippen LogP contribution in [0.15, 0.2) is 40.6 Å². The molecule has 1 heterocycles. The van der Waals surface area contributed by atoms with Crippen LogP contribution in [0.25, 0.3) is 0 Å². The molecule has 8 nitrogen and oxygen atoms in total. The standard InChI is InChI=1S/C15H18N4O4/c1-10-15(11(2)17-22-4,23-18-12(3)20)14(21)19(16-10)13-8-6-5-7-9-13/h5-9H,1-4H3,(H,18,20)/b17-11+. The monoisotopic (exact) mass is 318 g/mol. The van der Waals surface area contributed by atoms with Crippen LogP contribution in [0.1, 0.15) is 20.8 Å². The molecule has 1 aromatic carbocycles. The van der Waals surface area contributed by atoms with Gasteiger partial charge in [0.1, 0.15) is 12.8 Å². The molecule has 0 saturated carbocycles. The van der Waals surface area contributed by atoms with Crippen LogP contribution in [-0.4, -0.2) is 35.9 Å². The van der Waals surface area contributed by atoms with Gasteiger partial charge >= 0.3 is 0 Å². The van der Waals surface area contributed by atoms with Crippen molar-refractivity contribution in [1.29, 1.82) is 0 Å². The minimum atomic E-state index is -1.64. The van der Waals surface area contributed by atoms with Crippen LogP contribution in [0.4, 0.5) is 5.69 Å². The second-order valence-corrected chi connectivity index (χ2v) is 4.94. The molecule has 0 radical (unpaired) electrons. The zero-order valence-electron chi connectivity index (χ0n) is 13.4. The molecule has 8 heteroatoms. The minimum Gasteiger partial charge on any atom is -0.399 e. The number of nitrogens with zero attached hydrogens (tertiary/aromatic N) is 3. The Morgan fingerprint density at radius 1 is 1.30 bits per heavy atom. The molecule has 1 N–H and O–H groups in total. The van der Waals surface area contributed by atoms with Gasteiger partial charge in [0.05, 0.1) is 11.4 Å². The number of hydrazone groups is 1. The van der Waals surface area contributed by atoms with Crippen molar-refractivity contribution in [3.8, 4) is 0 Å². The van der Waals surface area contributed by atoms with E-state index in [9.17, 15) is 9.59 Å². The normalized spacial score (nSPS) is 21.2. The van der Waals surface area contributed by atoms with Gasteiger partial charge in [-0.3, -0.25) is 9.59 Å². The molecule has 0 bridgehead atoms. The van der Waals surface area contributed by atoms with Gasteiger partial charge in [0.25, 0.3) is 11.5 Å². The summed E-state index contributed by atoms with van der Waals surface area (Å²) in [5.41, 5.74) is 1.69. The lowest BCUT2D eigenvalue weighted by Crippen LogP contribution is -2.57. The Balaban J connectivity index is 2.46. The molecule has 2 rings (SSSR count). The number of rotatable bonds is 5. The topological polar surface area (TPSA) is 92.6 Å². The summed E-state index contributed by atoms with van der Waals surface area (Å²) in [4.78, 5) is 34.3. The van der Waals surface area contributed by atoms with E-state index in [0.29, 0.717) is 11.4 Å². The molecule has 122 valence electrons. The van der Waals surface area contributed by atoms with Gasteiger partial charge in [-0.2, -0.15) is 10.1 Å². The maximum atomic E-state index is 13.0. The maximum absolute atomic E-state index is 13.0. The van der Waals surface area contributed by atoms with E-state index in [0.717, 1.165) is 0 Å². The first-order valence-corrected chi connectivity index (χ1v) is 6.91. The summed E-state index contributed by atoms with van der Waals surface area (Å²) in [6.07, 6.45) is 0. The van der Waals surface area contributed by atoms with Crippen molar-refractivity contribution in [2.24, 2.45) is 10.3 Å². The SMILES string of the molecule is CO/N=C(\C)C1(ONC(C)=O)C(=O)N(c2ccccc2)N=C1C. The zero-order chi connectivity index (χ0) is 17.0. The van der Waals surface area contributed by atoms with Crippen LogP contribution in [0.3, 0.4) is 0 Å². The summed E-state index contributed by atoms with van der Waals surface area (Å²) in [7, 11) is 1.36. The Labute approximate surface area is 133 Å². The fourth-order valence-electron chi connectivity index (χ4n) is 2.27. The van der Waals surface area contributed by atoms with Crippen molar-refractivity contribution in [2.45, 2.75) is 26.4 Å². The van der Waals surface area contributed by atoms with Crippen LogP contribution < -0.4 is 10.5 Å². The molecular formula is C15H18N4O4. The van der Waals surface area contributed by atoms with E-state index in [4.69, 9.17) is 9.68 Å². The molecule has 1 aromatic rings. The first kappa shape index (κ1) is 16.6. The fourth-order valence-corrected chi connectivity index (χ4v) is 2.27. The van der Waals surface area contributed by atoms with Crippen LogP contribution in [-0.2, 0) is 19.3 Å². The number of benzene rings is 1. The van der Waals surface area contributed by atoms with Gasteiger partial charge in [-0.25, -0.2) is 10.3 Å². The van der Waals surface area contributed by atoms with E-state index in [1.807, 2.05) is 6.07 Å². The fraction of sp³-hybridized carbons (Fsp3) is 0.333. The third kappa shape index (κ3) is 2.93. The van der Waals surface area contributed by atoms with E-state index in [1.54, 1.807) is 38.1 Å². The lowest BCUT2D eigenvalue weighted by Gasteiger charge is -2.26. The van der Waals surface area contributed by atoms with Gasteiger partial charge in [-0.15, -0.1) is 0 Å². The van der Waals surface area contributed by atoms with Crippen LogP contribution in [0.2, 0.25) is 0 Å². The first-order chi connectivity index (χ1) is 10.9. The number of carbonyl (C=O) groups excluding carboxylic acids is 2. The average molecular weight is 318 g/mol. The molecule has 0 aliphatic carbocycles. The molecule has 0 spiro atoms. The lowest BCUT2D eigenvalue weighted by atomic mass is 9.93. The van der Waals surface area contributed by atoms with Crippen LogP contribution in [0, 0.1) is 0 Å². The Morgan fingerprint density at radius 3 is 2.52 bits per heavy atom. The van der Waals surface area contributed by atoms with E-state index < -0.39 is 17.4 Å². The van der Waals surface area contributed by atoms with Gasteiger partial charge in [-0.1, -0.05) is 23.4 Å². The number of hydrogen-bond donors (Lipinski definition) is 1. The highest BCUT2D eigenvalue weighted by atomic mass is 16.7. The van der Waals surface area contributed by atoms with Crippen LogP contribution in [0.5, 0.6) is 0 Å². The highest BCUT2D eigenvalue weighted by Gasteiger charge is 2.55. The second-order valence-electron chi connectivity index (χ2n) is 4.94. The zero-order valence-corrected chi connectivity index (χ0v) is 13.4. The first-order valence-electron chi connectivity index (χ1n) is 6.91. The summed E-state index contributed by atoms with van der Waals surface area (Å²) in [6.45, 7) is 4.46. The Hall–Kier alpha value is -2.74. The number of nitrogens with one attached hydrogen (secondary N) is 1. The van der Waals surface area contributed by atoms with Gasteiger partial charge in [-0.05, 0) is 26.0 Å². The highest BCUT2D eigenvalue weighted by molar-refractivity contribution is 6.35. The molecule has 1 atom stereocenters. The summed E-state index contributed by atoms with van der Waals surface area (Å²) < 4.78 is 0. The molecule has 0 fully saturated rings. The largest absolute Gasteiger partial charge is 0.399 e. The lowest BCUT2D eigenvalue weighted by molar-refractivity contribution is -0.144. The third-order valence-corrected chi connectivity index (χ3v) is 3.34. The molecule has 2 amide bonds. The number of anilines is 1. The summed E-state index contributed by atoms with van der Waals surface area (Å²) in [5, 5.41) is 9.27. The van der Waals surface area contributed by atoms with E-state index in [2.05, 4.69) is 15.7 Å². The number of hydrogen-bond acceptors (Lipinski definition) is 6. The molecular weight excluding hydrogens is 300 g/mol. The van der Waals surface area contributed by atoms with Crippen molar-refractivity contribution < 1.29 is 19.3 Å². The van der Waals surface area contributed by atoms with E-state index in [-0.39, 0.29) is 5.71 Å². The predicted molar refractivity (Wildman–Crippen MR) is 84.8 cm³/mol. The van der Waals surface area contributed by atoms with E-state index >= 15 is 0 Å². The van der Waals surface area contributed by atoms with Crippen molar-refractivity contribution in [2.75, 3.05) is 12.1 Å². The number of para-hydroxylation sites is 1. The van der Waals surface area contributed by atoms with Crippen molar-refractivity contribution in [1.82, 2.24) is 5.48 Å². The molecule has 0 saturated heterocycles. The van der Waals surface area contributed by atoms with E-state index in [1.165, 1.54) is 19.0 Å². The summed E-state index contributed by atoms with van der Waals surface area (Å²) in [5.74, 6) is -0.943. The maximum Gasteiger partial charge on any atom is 0.294 e. The number of hydroxylamine groups is 1. The number of amides is 2. The summed E-state index contributed by atoms with van der Waals surface area (Å²) >= 11 is 0. The van der Waals surface area contributed by atoms with Gasteiger partial charge < -0.3 is 4.84 Å². The highest BCUT2D eigenvalue weighted by Crippen LogP contribution is 2.30. The molecule has 1 unspecified atom stereocenters. The van der Waals surface area contributed by atoms with Crippen molar-refractivity contribution >= 4 is 28.9 Å². The average Bonchev–Trinajstić information content (AvgIpc) is 2.78. The number of oxime groups is 1. The molecule has 0 aromatic heterocycles. The Morgan fingerprint density at radius 2 is 1.96 bits per heavy atom. The van der Waals surface area contributed by atoms with Crippen molar-refractivity contribution in [3.05, 3.63) is 30.3 Å². The third-order valence-electron chi connectivity index (χ3n) is 3.34. The summed E-state index contributed by atoms with van der Waals surface area (Å²) in [6, 6.07) is 8.90. The predicted octanol–water partition coefficient (Wildman–Crippen LogP) is 1.24. The molecule has 23 heavy (non-hydrogen) atoms. The Kier molecular flexibility index (Phi) is 4.75. The Bertz CT molecular complexity index is 671. The van der Waals surface area contributed by atoms with Crippen molar-refractivity contribution in [3.63, 3.8) is 0 Å². The molecule has 1 aliphatic heterocycles. The number of carbonyl (C=O) groups is 2. The van der Waals surface area contributed by atoms with Gasteiger partial charge in [0.2, 0.25) is 5.91 Å².